The molecule has 11 heteroatoms. The Hall–Kier alpha value is -2.21. The van der Waals surface area contributed by atoms with Gasteiger partial charge in [0.25, 0.3) is 0 Å². The Balaban J connectivity index is 2.10. The molecule has 128 valence electrons. The van der Waals surface area contributed by atoms with Gasteiger partial charge in [-0.15, -0.1) is 0 Å². The van der Waals surface area contributed by atoms with E-state index in [9.17, 15) is 19.8 Å². The van der Waals surface area contributed by atoms with Crippen molar-refractivity contribution in [2.45, 2.75) is 24.5 Å². The van der Waals surface area contributed by atoms with E-state index in [-0.39, 0.29) is 12.4 Å². The summed E-state index contributed by atoms with van der Waals surface area (Å²) in [6.45, 7) is -0.288. The van der Waals surface area contributed by atoms with Gasteiger partial charge in [0, 0.05) is 20.3 Å². The number of hydrogen-bond donors (Lipinski definition) is 4. The summed E-state index contributed by atoms with van der Waals surface area (Å²) >= 11 is 0. The van der Waals surface area contributed by atoms with Gasteiger partial charge >= 0.3 is 11.8 Å². The van der Waals surface area contributed by atoms with Crippen LogP contribution in [0.4, 0.5) is 10.6 Å². The van der Waals surface area contributed by atoms with Crippen LogP contribution in [0.5, 0.6) is 0 Å². The van der Waals surface area contributed by atoms with Crippen LogP contribution in [0.25, 0.3) is 0 Å². The Morgan fingerprint density at radius 3 is 2.74 bits per heavy atom. The van der Waals surface area contributed by atoms with Gasteiger partial charge in [0.05, 0.1) is 0 Å². The third kappa shape index (κ3) is 3.59. The molecule has 2 heterocycles. The van der Waals surface area contributed by atoms with Crippen LogP contribution in [0.2, 0.25) is 0 Å². The molecule has 11 nitrogen and oxygen atoms in total. The van der Waals surface area contributed by atoms with Gasteiger partial charge in [0.1, 0.15) is 24.9 Å². The van der Waals surface area contributed by atoms with E-state index in [1.54, 1.807) is 5.48 Å². The van der Waals surface area contributed by atoms with Gasteiger partial charge in [-0.2, -0.15) is 4.98 Å². The van der Waals surface area contributed by atoms with Gasteiger partial charge in [-0.05, 0) is 6.07 Å². The first-order valence-corrected chi connectivity index (χ1v) is 6.70. The van der Waals surface area contributed by atoms with Crippen LogP contribution < -0.4 is 11.2 Å². The second kappa shape index (κ2) is 6.91. The van der Waals surface area contributed by atoms with E-state index in [0.717, 1.165) is 4.57 Å². The highest BCUT2D eigenvalue weighted by atomic mass is 16.6. The van der Waals surface area contributed by atoms with Crippen LogP contribution in [0.1, 0.15) is 6.23 Å². The van der Waals surface area contributed by atoms with E-state index < -0.39 is 36.3 Å². The molecule has 1 saturated heterocycles. The Labute approximate surface area is 130 Å². The minimum atomic E-state index is -1.41. The van der Waals surface area contributed by atoms with Gasteiger partial charge in [-0.1, -0.05) is 0 Å². The summed E-state index contributed by atoms with van der Waals surface area (Å²) in [5.41, 5.74) is 0.919. The predicted octanol–water partition coefficient (Wildman–Crippen LogP) is -1.64. The molecular weight excluding hydrogens is 312 g/mol. The molecule has 1 fully saturated rings. The number of carbonyl (C=O) groups excluding carboxylic acids is 1. The molecular formula is C12H18N4O7. The smallest absolute Gasteiger partial charge is 0.409 e. The van der Waals surface area contributed by atoms with E-state index in [1.165, 1.54) is 31.3 Å². The molecule has 4 N–H and O–H groups in total. The molecule has 4 unspecified atom stereocenters. The van der Waals surface area contributed by atoms with Gasteiger partial charge in [0.2, 0.25) is 0 Å². The third-order valence-corrected chi connectivity index (χ3v) is 3.29. The zero-order valence-electron chi connectivity index (χ0n) is 12.5. The first-order valence-electron chi connectivity index (χ1n) is 6.70. The molecule has 0 spiro atoms. The van der Waals surface area contributed by atoms with Crippen LogP contribution in [-0.2, 0) is 9.47 Å². The van der Waals surface area contributed by atoms with Crippen molar-refractivity contribution >= 4 is 11.9 Å². The first-order chi connectivity index (χ1) is 10.8. The summed E-state index contributed by atoms with van der Waals surface area (Å²) < 4.78 is 11.3. The van der Waals surface area contributed by atoms with E-state index in [2.05, 4.69) is 4.98 Å². The summed E-state index contributed by atoms with van der Waals surface area (Å²) in [7, 11) is 2.99. The second-order valence-corrected chi connectivity index (χ2v) is 5.13. The highest BCUT2D eigenvalue weighted by Gasteiger charge is 2.44. The maximum atomic E-state index is 11.8. The summed E-state index contributed by atoms with van der Waals surface area (Å²) in [6, 6.07) is 1.28. The van der Waals surface area contributed by atoms with Crippen LogP contribution in [0.15, 0.2) is 17.1 Å². The topological polar surface area (TPSA) is 146 Å². The fourth-order valence-electron chi connectivity index (χ4n) is 2.05. The molecule has 0 aromatic carbocycles. The van der Waals surface area contributed by atoms with Crippen LogP contribution in [0, 0.1) is 0 Å². The van der Waals surface area contributed by atoms with Gasteiger partial charge in [0.15, 0.2) is 12.0 Å². The highest BCUT2D eigenvalue weighted by Crippen LogP contribution is 2.28. The standard InChI is InChI=1S/C12H18N4O7/c1-15(2)12(20)22-5-6-8(17)9(18)10(23-6)16-4-3-7(14-21)13-11(16)19/h3-4,6,8-10,17-18,21H,5H2,1-2H3,(H,13,14,19). The molecule has 1 aromatic rings. The minimum Gasteiger partial charge on any atom is -0.447 e. The summed E-state index contributed by atoms with van der Waals surface area (Å²) in [6.07, 6.45) is -4.34. The van der Waals surface area contributed by atoms with E-state index in [0.29, 0.717) is 0 Å². The average molecular weight is 330 g/mol. The van der Waals surface area contributed by atoms with Crippen molar-refractivity contribution in [3.8, 4) is 0 Å². The Kier molecular flexibility index (Phi) is 5.15. The number of amides is 1. The lowest BCUT2D eigenvalue weighted by atomic mass is 10.1. The zero-order chi connectivity index (χ0) is 17.1. The van der Waals surface area contributed by atoms with Crippen LogP contribution in [-0.4, -0.2) is 75.0 Å². The molecule has 2 rings (SSSR count). The number of rotatable bonds is 4. The Morgan fingerprint density at radius 1 is 1.48 bits per heavy atom. The first kappa shape index (κ1) is 17.1. The quantitative estimate of drug-likeness (QED) is 0.477. The Bertz CT molecular complexity index is 620. The van der Waals surface area contributed by atoms with E-state index >= 15 is 0 Å². The van der Waals surface area contributed by atoms with Crippen molar-refractivity contribution in [1.82, 2.24) is 14.5 Å². The van der Waals surface area contributed by atoms with Gasteiger partial charge in [-0.25, -0.2) is 9.59 Å². The summed E-state index contributed by atoms with van der Waals surface area (Å²) in [5, 5.41) is 28.7. The van der Waals surface area contributed by atoms with Crippen molar-refractivity contribution < 1.29 is 29.7 Å². The van der Waals surface area contributed by atoms with Crippen LogP contribution in [0.3, 0.4) is 0 Å². The molecule has 0 aliphatic carbocycles. The second-order valence-electron chi connectivity index (χ2n) is 5.13. The largest absolute Gasteiger partial charge is 0.447 e. The van der Waals surface area contributed by atoms with E-state index in [1.807, 2.05) is 0 Å². The molecule has 1 aromatic heterocycles. The summed E-state index contributed by atoms with van der Waals surface area (Å²) in [5.74, 6) is -0.0734. The molecule has 23 heavy (non-hydrogen) atoms. The van der Waals surface area contributed by atoms with Crippen molar-refractivity contribution in [1.29, 1.82) is 0 Å². The van der Waals surface area contributed by atoms with Gasteiger partial charge < -0.3 is 24.6 Å². The number of aliphatic hydroxyl groups is 2. The normalized spacial score (nSPS) is 26.8. The fourth-order valence-corrected chi connectivity index (χ4v) is 2.05. The zero-order valence-corrected chi connectivity index (χ0v) is 12.5. The molecule has 1 aliphatic heterocycles. The lowest BCUT2D eigenvalue weighted by Crippen LogP contribution is -2.37. The lowest BCUT2D eigenvalue weighted by molar-refractivity contribution is -0.0587. The number of carbonyl (C=O) groups is 1. The molecule has 1 aliphatic rings. The van der Waals surface area contributed by atoms with E-state index in [4.69, 9.17) is 14.7 Å². The molecule has 0 saturated carbocycles. The number of ether oxygens (including phenoxy) is 2. The number of nitrogens with one attached hydrogen (secondary N) is 1. The number of aromatic nitrogens is 2. The molecule has 0 bridgehead atoms. The number of hydrogen-bond acceptors (Lipinski definition) is 9. The minimum absolute atomic E-state index is 0.0734. The highest BCUT2D eigenvalue weighted by molar-refractivity contribution is 5.66. The lowest BCUT2D eigenvalue weighted by Gasteiger charge is -2.17. The van der Waals surface area contributed by atoms with Gasteiger partial charge in [-0.3, -0.25) is 15.3 Å². The monoisotopic (exact) mass is 330 g/mol. The predicted molar refractivity (Wildman–Crippen MR) is 74.9 cm³/mol. The van der Waals surface area contributed by atoms with Crippen molar-refractivity contribution in [2.75, 3.05) is 26.2 Å². The maximum absolute atomic E-state index is 11.8. The van der Waals surface area contributed by atoms with Crippen molar-refractivity contribution in [2.24, 2.45) is 0 Å². The molecule has 4 atom stereocenters. The van der Waals surface area contributed by atoms with Crippen molar-refractivity contribution in [3.05, 3.63) is 22.7 Å². The third-order valence-electron chi connectivity index (χ3n) is 3.29. The number of aliphatic hydroxyl groups excluding tert-OH is 2. The van der Waals surface area contributed by atoms with Crippen LogP contribution >= 0.6 is 0 Å². The average Bonchev–Trinajstić information content (AvgIpc) is 2.80. The summed E-state index contributed by atoms with van der Waals surface area (Å²) in [4.78, 5) is 27.9. The maximum Gasteiger partial charge on any atom is 0.409 e. The SMILES string of the molecule is CN(C)C(=O)OCC1OC(n2ccc(NO)nc2=O)C(O)C1O. The fraction of sp³-hybridized carbons (Fsp3) is 0.583. The molecule has 0 radical (unpaired) electrons. The number of anilines is 1. The number of nitrogens with zero attached hydrogens (tertiary/aromatic N) is 3. The van der Waals surface area contributed by atoms with Crippen molar-refractivity contribution in [3.63, 3.8) is 0 Å². The molecule has 1 amide bonds. The Morgan fingerprint density at radius 2 is 2.17 bits per heavy atom.